The van der Waals surface area contributed by atoms with Gasteiger partial charge in [-0.3, -0.25) is 4.68 Å². The Morgan fingerprint density at radius 2 is 2.29 bits per heavy atom. The molecule has 1 heterocycles. The van der Waals surface area contributed by atoms with Crippen LogP contribution in [0.25, 0.3) is 0 Å². The molecule has 5 heteroatoms. The van der Waals surface area contributed by atoms with Gasteiger partial charge in [0.15, 0.2) is 0 Å². The molecule has 2 atom stereocenters. The van der Waals surface area contributed by atoms with E-state index in [-0.39, 0.29) is 6.04 Å². The first-order valence-electron chi connectivity index (χ1n) is 7.88. The number of rotatable bonds is 6. The van der Waals surface area contributed by atoms with Crippen LogP contribution in [0.5, 0.6) is 0 Å². The molecule has 0 aromatic carbocycles. The first-order valence-corrected chi connectivity index (χ1v) is 8.26. The first kappa shape index (κ1) is 16.8. The highest BCUT2D eigenvalue weighted by Gasteiger charge is 2.39. The average molecular weight is 314 g/mol. The van der Waals surface area contributed by atoms with Gasteiger partial charge in [-0.15, -0.1) is 0 Å². The van der Waals surface area contributed by atoms with Gasteiger partial charge in [0.05, 0.1) is 36.1 Å². The number of nitrogens with one attached hydrogen (secondary N) is 1. The lowest BCUT2D eigenvalue weighted by Gasteiger charge is -2.43. The molecule has 1 aliphatic carbocycles. The highest BCUT2D eigenvalue weighted by Crippen LogP contribution is 2.47. The van der Waals surface area contributed by atoms with Gasteiger partial charge in [0.25, 0.3) is 0 Å². The van der Waals surface area contributed by atoms with Crippen molar-refractivity contribution < 1.29 is 4.74 Å². The van der Waals surface area contributed by atoms with Crippen LogP contribution in [0.15, 0.2) is 6.20 Å². The molecule has 4 nitrogen and oxygen atoms in total. The van der Waals surface area contributed by atoms with E-state index in [0.717, 1.165) is 17.3 Å². The minimum absolute atomic E-state index is 0.243. The summed E-state index contributed by atoms with van der Waals surface area (Å²) in [6.07, 6.45) is 6.91. The van der Waals surface area contributed by atoms with E-state index in [9.17, 15) is 0 Å². The zero-order valence-corrected chi connectivity index (χ0v) is 14.4. The minimum Gasteiger partial charge on any atom is -0.383 e. The summed E-state index contributed by atoms with van der Waals surface area (Å²) >= 11 is 6.45. The molecule has 2 rings (SSSR count). The van der Waals surface area contributed by atoms with E-state index in [4.69, 9.17) is 16.3 Å². The van der Waals surface area contributed by atoms with Crippen LogP contribution in [0.2, 0.25) is 5.02 Å². The van der Waals surface area contributed by atoms with Crippen molar-refractivity contribution in [2.45, 2.75) is 52.1 Å². The second-order valence-corrected chi connectivity index (χ2v) is 7.11. The van der Waals surface area contributed by atoms with Crippen LogP contribution in [0.3, 0.4) is 0 Å². The lowest BCUT2D eigenvalue weighted by Crippen LogP contribution is -2.39. The third kappa shape index (κ3) is 3.61. The van der Waals surface area contributed by atoms with E-state index in [0.29, 0.717) is 17.9 Å². The van der Waals surface area contributed by atoms with Crippen LogP contribution in [0.4, 0.5) is 0 Å². The van der Waals surface area contributed by atoms with Crippen molar-refractivity contribution in [2.24, 2.45) is 11.3 Å². The Balaban J connectivity index is 2.30. The molecule has 1 saturated carbocycles. The smallest absolute Gasteiger partial charge is 0.0834 e. The Morgan fingerprint density at radius 3 is 2.90 bits per heavy atom. The molecule has 1 aromatic rings. The molecule has 2 unspecified atom stereocenters. The average Bonchev–Trinajstić information content (AvgIpc) is 2.80. The number of nitrogens with zero attached hydrogens (tertiary/aromatic N) is 2. The number of halogens is 1. The van der Waals surface area contributed by atoms with E-state index in [2.05, 4.69) is 24.3 Å². The van der Waals surface area contributed by atoms with Crippen LogP contribution >= 0.6 is 11.6 Å². The van der Waals surface area contributed by atoms with Crippen molar-refractivity contribution in [3.63, 3.8) is 0 Å². The van der Waals surface area contributed by atoms with Gasteiger partial charge in [-0.25, -0.2) is 0 Å². The van der Waals surface area contributed by atoms with Crippen LogP contribution in [0, 0.1) is 11.3 Å². The topological polar surface area (TPSA) is 39.1 Å². The van der Waals surface area contributed by atoms with Gasteiger partial charge in [0.2, 0.25) is 0 Å². The molecule has 0 radical (unpaired) electrons. The van der Waals surface area contributed by atoms with Crippen molar-refractivity contribution in [2.75, 3.05) is 20.8 Å². The molecule has 0 aliphatic heterocycles. The molecule has 0 saturated heterocycles. The van der Waals surface area contributed by atoms with Crippen LogP contribution in [-0.2, 0) is 11.3 Å². The van der Waals surface area contributed by atoms with Crippen LogP contribution < -0.4 is 5.32 Å². The Kier molecular flexibility index (Phi) is 5.69. The number of ether oxygens (including phenoxy) is 1. The number of hydrogen-bond acceptors (Lipinski definition) is 3. The van der Waals surface area contributed by atoms with Gasteiger partial charge >= 0.3 is 0 Å². The monoisotopic (exact) mass is 313 g/mol. The van der Waals surface area contributed by atoms with E-state index < -0.39 is 0 Å². The van der Waals surface area contributed by atoms with E-state index in [1.807, 2.05) is 11.7 Å². The van der Waals surface area contributed by atoms with Gasteiger partial charge in [0.1, 0.15) is 0 Å². The normalized spacial score (nSPS) is 23.2. The predicted octanol–water partition coefficient (Wildman–Crippen LogP) is 3.66. The Bertz CT molecular complexity index is 458. The summed E-state index contributed by atoms with van der Waals surface area (Å²) in [5.41, 5.74) is 1.43. The molecule has 1 N–H and O–H groups in total. The zero-order chi connectivity index (χ0) is 15.5. The number of methoxy groups -OCH3 is 1. The summed E-state index contributed by atoms with van der Waals surface area (Å²) in [6.45, 7) is 6.15. The summed E-state index contributed by atoms with van der Waals surface area (Å²) in [4.78, 5) is 0. The summed E-state index contributed by atoms with van der Waals surface area (Å²) in [7, 11) is 3.74. The van der Waals surface area contributed by atoms with Gasteiger partial charge in [0, 0.05) is 7.11 Å². The summed E-state index contributed by atoms with van der Waals surface area (Å²) in [5.74, 6) is 0.576. The van der Waals surface area contributed by atoms with Gasteiger partial charge in [-0.05, 0) is 31.2 Å². The summed E-state index contributed by atoms with van der Waals surface area (Å²) in [5, 5.41) is 8.69. The maximum Gasteiger partial charge on any atom is 0.0834 e. The van der Waals surface area contributed by atoms with Gasteiger partial charge in [-0.1, -0.05) is 38.3 Å². The number of hydrogen-bond donors (Lipinski definition) is 1. The molecule has 1 aliphatic rings. The quantitative estimate of drug-likeness (QED) is 0.871. The summed E-state index contributed by atoms with van der Waals surface area (Å²) in [6, 6.07) is 0.243. The molecular weight excluding hydrogens is 286 g/mol. The van der Waals surface area contributed by atoms with Crippen molar-refractivity contribution >= 4 is 11.6 Å². The largest absolute Gasteiger partial charge is 0.383 e. The lowest BCUT2D eigenvalue weighted by atomic mass is 9.65. The molecule has 1 fully saturated rings. The van der Waals surface area contributed by atoms with E-state index in [1.54, 1.807) is 13.3 Å². The Morgan fingerprint density at radius 1 is 1.52 bits per heavy atom. The van der Waals surface area contributed by atoms with Crippen molar-refractivity contribution in [3.8, 4) is 0 Å². The molecule has 0 amide bonds. The fourth-order valence-electron chi connectivity index (χ4n) is 3.70. The van der Waals surface area contributed by atoms with Crippen molar-refractivity contribution in [3.05, 3.63) is 16.9 Å². The molecular formula is C16H28ClN3O. The lowest BCUT2D eigenvalue weighted by molar-refractivity contribution is 0.0965. The van der Waals surface area contributed by atoms with Crippen molar-refractivity contribution in [1.82, 2.24) is 15.1 Å². The number of aromatic nitrogens is 2. The zero-order valence-electron chi connectivity index (χ0n) is 13.7. The van der Waals surface area contributed by atoms with Gasteiger partial charge < -0.3 is 10.1 Å². The fraction of sp³-hybridized carbons (Fsp3) is 0.812. The minimum atomic E-state index is 0.243. The van der Waals surface area contributed by atoms with Crippen LogP contribution in [0.1, 0.15) is 51.3 Å². The molecule has 0 spiro atoms. The molecule has 1 aromatic heterocycles. The second-order valence-electron chi connectivity index (χ2n) is 6.70. The van der Waals surface area contributed by atoms with Crippen molar-refractivity contribution in [1.29, 1.82) is 0 Å². The third-order valence-corrected chi connectivity index (χ3v) is 5.23. The molecule has 21 heavy (non-hydrogen) atoms. The highest BCUT2D eigenvalue weighted by molar-refractivity contribution is 6.31. The van der Waals surface area contributed by atoms with E-state index >= 15 is 0 Å². The first-order chi connectivity index (χ1) is 10.0. The van der Waals surface area contributed by atoms with Gasteiger partial charge in [-0.2, -0.15) is 5.10 Å². The summed E-state index contributed by atoms with van der Waals surface area (Å²) < 4.78 is 7.18. The Labute approximate surface area is 133 Å². The van der Waals surface area contributed by atoms with Crippen LogP contribution in [-0.4, -0.2) is 30.5 Å². The fourth-order valence-corrected chi connectivity index (χ4v) is 3.96. The SMILES string of the molecule is CNC(c1c(Cl)cnn1CCOC)C1CCCCC1(C)C. The second kappa shape index (κ2) is 7.12. The highest BCUT2D eigenvalue weighted by atomic mass is 35.5. The maximum atomic E-state index is 6.45. The maximum absolute atomic E-state index is 6.45. The predicted molar refractivity (Wildman–Crippen MR) is 86.7 cm³/mol. The molecule has 0 bridgehead atoms. The van der Waals surface area contributed by atoms with E-state index in [1.165, 1.54) is 25.7 Å². The standard InChI is InChI=1S/C16H28ClN3O/c1-16(2)8-6-5-7-12(16)14(18-3)15-13(17)11-19-20(15)9-10-21-4/h11-12,14,18H,5-10H2,1-4H3. The Hall–Kier alpha value is -0.580. The molecule has 120 valence electrons. The third-order valence-electron chi connectivity index (χ3n) is 4.94.